The molecule has 3 atom stereocenters. The Morgan fingerprint density at radius 3 is 2.87 bits per heavy atom. The van der Waals surface area contributed by atoms with E-state index in [1.165, 1.54) is 0 Å². The molecule has 1 aliphatic heterocycles. The van der Waals surface area contributed by atoms with Crippen molar-refractivity contribution in [3.8, 4) is 0 Å². The minimum Gasteiger partial charge on any atom is -0.353 e. The molecule has 3 unspecified atom stereocenters. The Kier molecular flexibility index (Phi) is 6.89. The van der Waals surface area contributed by atoms with Crippen molar-refractivity contribution in [3.05, 3.63) is 0 Å². The highest BCUT2D eigenvalue weighted by Gasteiger charge is 2.19. The summed E-state index contributed by atoms with van der Waals surface area (Å²) >= 11 is 0. The van der Waals surface area contributed by atoms with Gasteiger partial charge in [0.15, 0.2) is 0 Å². The van der Waals surface area contributed by atoms with Crippen LogP contribution in [-0.2, 0) is 4.79 Å². The molecule has 0 spiro atoms. The van der Waals surface area contributed by atoms with Gasteiger partial charge in [0, 0.05) is 24.5 Å². The SMILES string of the molecule is CC(N)CC(=O)NC1CCNC(C)C1.Cl. The van der Waals surface area contributed by atoms with Crippen LogP contribution < -0.4 is 16.4 Å². The first kappa shape index (κ1) is 14.7. The number of piperidine rings is 1. The third-order valence-electron chi connectivity index (χ3n) is 2.50. The van der Waals surface area contributed by atoms with Gasteiger partial charge in [0.2, 0.25) is 5.91 Å². The fourth-order valence-corrected chi connectivity index (χ4v) is 1.84. The molecule has 5 heteroatoms. The van der Waals surface area contributed by atoms with Crippen LogP contribution in [0.15, 0.2) is 0 Å². The van der Waals surface area contributed by atoms with Crippen molar-refractivity contribution in [2.45, 2.75) is 51.2 Å². The average molecular weight is 236 g/mol. The van der Waals surface area contributed by atoms with Crippen molar-refractivity contribution in [2.75, 3.05) is 6.54 Å². The molecule has 1 heterocycles. The molecule has 1 fully saturated rings. The van der Waals surface area contributed by atoms with Crippen LogP contribution in [0, 0.1) is 0 Å². The minimum absolute atomic E-state index is 0. The highest BCUT2D eigenvalue weighted by molar-refractivity contribution is 5.85. The molecular weight excluding hydrogens is 214 g/mol. The van der Waals surface area contributed by atoms with Crippen molar-refractivity contribution in [3.63, 3.8) is 0 Å². The topological polar surface area (TPSA) is 67.2 Å². The Morgan fingerprint density at radius 2 is 2.33 bits per heavy atom. The van der Waals surface area contributed by atoms with E-state index in [1.54, 1.807) is 0 Å². The maximum Gasteiger partial charge on any atom is 0.221 e. The molecule has 1 aliphatic rings. The van der Waals surface area contributed by atoms with Crippen molar-refractivity contribution in [1.29, 1.82) is 0 Å². The van der Waals surface area contributed by atoms with Crippen LogP contribution >= 0.6 is 12.4 Å². The lowest BCUT2D eigenvalue weighted by molar-refractivity contribution is -0.122. The summed E-state index contributed by atoms with van der Waals surface area (Å²) in [6.45, 7) is 4.98. The molecule has 0 aliphatic carbocycles. The van der Waals surface area contributed by atoms with Gasteiger partial charge in [-0.3, -0.25) is 4.79 Å². The first-order valence-electron chi connectivity index (χ1n) is 5.36. The van der Waals surface area contributed by atoms with Crippen molar-refractivity contribution in [2.24, 2.45) is 5.73 Å². The lowest BCUT2D eigenvalue weighted by Gasteiger charge is -2.28. The van der Waals surface area contributed by atoms with Gasteiger partial charge in [-0.2, -0.15) is 0 Å². The second kappa shape index (κ2) is 7.04. The summed E-state index contributed by atoms with van der Waals surface area (Å²) in [5, 5.41) is 6.37. The van der Waals surface area contributed by atoms with E-state index >= 15 is 0 Å². The summed E-state index contributed by atoms with van der Waals surface area (Å²) in [6, 6.07) is 0.788. The van der Waals surface area contributed by atoms with Gasteiger partial charge >= 0.3 is 0 Å². The summed E-state index contributed by atoms with van der Waals surface area (Å²) in [5.74, 6) is 0.0825. The molecule has 1 saturated heterocycles. The van der Waals surface area contributed by atoms with Crippen LogP contribution in [0.4, 0.5) is 0 Å². The summed E-state index contributed by atoms with van der Waals surface area (Å²) in [6.07, 6.45) is 2.47. The second-order valence-electron chi connectivity index (χ2n) is 4.33. The lowest BCUT2D eigenvalue weighted by Crippen LogP contribution is -2.47. The molecular formula is C10H22ClN3O. The van der Waals surface area contributed by atoms with Crippen LogP contribution in [0.25, 0.3) is 0 Å². The molecule has 1 amide bonds. The van der Waals surface area contributed by atoms with E-state index in [-0.39, 0.29) is 24.4 Å². The first-order chi connectivity index (χ1) is 6.58. The van der Waals surface area contributed by atoms with Gasteiger partial charge in [0.1, 0.15) is 0 Å². The zero-order valence-corrected chi connectivity index (χ0v) is 10.3. The van der Waals surface area contributed by atoms with Gasteiger partial charge < -0.3 is 16.4 Å². The number of nitrogens with one attached hydrogen (secondary N) is 2. The standard InChI is InChI=1S/C10H21N3O.ClH/c1-7(11)5-10(14)13-9-3-4-12-8(2)6-9;/h7-9,12H,3-6,11H2,1-2H3,(H,13,14);1H. The van der Waals surface area contributed by atoms with Crippen LogP contribution in [0.3, 0.4) is 0 Å². The summed E-state index contributed by atoms with van der Waals surface area (Å²) in [5.41, 5.74) is 5.55. The third kappa shape index (κ3) is 5.97. The predicted octanol–water partition coefficient (Wildman–Crippen LogP) is 0.402. The Balaban J connectivity index is 0.00000196. The number of rotatable bonds is 3. The monoisotopic (exact) mass is 235 g/mol. The molecule has 0 aromatic heterocycles. The number of amides is 1. The normalized spacial score (nSPS) is 27.7. The van der Waals surface area contributed by atoms with E-state index in [0.717, 1.165) is 19.4 Å². The van der Waals surface area contributed by atoms with Gasteiger partial charge in [-0.25, -0.2) is 0 Å². The molecule has 4 nitrogen and oxygen atoms in total. The minimum atomic E-state index is -0.0471. The third-order valence-corrected chi connectivity index (χ3v) is 2.50. The Morgan fingerprint density at radius 1 is 1.67 bits per heavy atom. The Labute approximate surface area is 97.8 Å². The molecule has 0 aromatic carbocycles. The molecule has 90 valence electrons. The summed E-state index contributed by atoms with van der Waals surface area (Å²) < 4.78 is 0. The van der Waals surface area contributed by atoms with Crippen LogP contribution in [-0.4, -0.2) is 30.6 Å². The highest BCUT2D eigenvalue weighted by atomic mass is 35.5. The van der Waals surface area contributed by atoms with Gasteiger partial charge in [0.05, 0.1) is 0 Å². The molecule has 0 radical (unpaired) electrons. The number of carbonyl (C=O) groups is 1. The zero-order chi connectivity index (χ0) is 10.6. The van der Waals surface area contributed by atoms with E-state index < -0.39 is 0 Å². The van der Waals surface area contributed by atoms with E-state index in [0.29, 0.717) is 18.5 Å². The van der Waals surface area contributed by atoms with Gasteiger partial charge in [-0.15, -0.1) is 12.4 Å². The quantitative estimate of drug-likeness (QED) is 0.664. The van der Waals surface area contributed by atoms with Gasteiger partial charge in [0.25, 0.3) is 0 Å². The highest BCUT2D eigenvalue weighted by Crippen LogP contribution is 2.08. The van der Waals surface area contributed by atoms with E-state index in [9.17, 15) is 4.79 Å². The summed E-state index contributed by atoms with van der Waals surface area (Å²) in [4.78, 5) is 11.4. The van der Waals surface area contributed by atoms with E-state index in [1.807, 2.05) is 6.92 Å². The molecule has 15 heavy (non-hydrogen) atoms. The molecule has 4 N–H and O–H groups in total. The van der Waals surface area contributed by atoms with Crippen LogP contribution in [0.2, 0.25) is 0 Å². The maximum absolute atomic E-state index is 11.4. The molecule has 1 rings (SSSR count). The predicted molar refractivity (Wildman–Crippen MR) is 64.1 cm³/mol. The zero-order valence-electron chi connectivity index (χ0n) is 9.45. The largest absolute Gasteiger partial charge is 0.353 e. The van der Waals surface area contributed by atoms with E-state index in [4.69, 9.17) is 5.73 Å². The lowest BCUT2D eigenvalue weighted by atomic mass is 10.0. The number of hydrogen-bond acceptors (Lipinski definition) is 3. The molecule has 0 saturated carbocycles. The Hall–Kier alpha value is -0.320. The molecule has 0 bridgehead atoms. The van der Waals surface area contributed by atoms with Crippen molar-refractivity contribution >= 4 is 18.3 Å². The smallest absolute Gasteiger partial charge is 0.221 e. The van der Waals surface area contributed by atoms with Crippen LogP contribution in [0.5, 0.6) is 0 Å². The number of nitrogens with two attached hydrogens (primary N) is 1. The average Bonchev–Trinajstić information content (AvgIpc) is 2.01. The number of carbonyl (C=O) groups excluding carboxylic acids is 1. The van der Waals surface area contributed by atoms with Crippen molar-refractivity contribution in [1.82, 2.24) is 10.6 Å². The van der Waals surface area contributed by atoms with Crippen LogP contribution in [0.1, 0.15) is 33.1 Å². The Bertz CT molecular complexity index is 199. The van der Waals surface area contributed by atoms with Crippen molar-refractivity contribution < 1.29 is 4.79 Å². The molecule has 0 aromatic rings. The van der Waals surface area contributed by atoms with Gasteiger partial charge in [-0.05, 0) is 33.2 Å². The summed E-state index contributed by atoms with van der Waals surface area (Å²) in [7, 11) is 0. The second-order valence-corrected chi connectivity index (χ2v) is 4.33. The number of halogens is 1. The number of hydrogen-bond donors (Lipinski definition) is 3. The first-order valence-corrected chi connectivity index (χ1v) is 5.36. The fraction of sp³-hybridized carbons (Fsp3) is 0.900. The van der Waals surface area contributed by atoms with Gasteiger partial charge in [-0.1, -0.05) is 0 Å². The fourth-order valence-electron chi connectivity index (χ4n) is 1.84. The maximum atomic E-state index is 11.4. The van der Waals surface area contributed by atoms with E-state index in [2.05, 4.69) is 17.6 Å².